The molecule has 0 bridgehead atoms. The second-order valence-corrected chi connectivity index (χ2v) is 4.33. The molecular formula is C9H17N. The first-order valence-electron chi connectivity index (χ1n) is 4.40. The molecular weight excluding hydrogens is 122 g/mol. The Morgan fingerprint density at radius 3 is 2.40 bits per heavy atom. The molecule has 0 spiro atoms. The van der Waals surface area contributed by atoms with E-state index in [1.54, 1.807) is 0 Å². The zero-order valence-corrected chi connectivity index (χ0v) is 7.17. The van der Waals surface area contributed by atoms with Crippen LogP contribution in [0.3, 0.4) is 0 Å². The molecule has 1 aliphatic heterocycles. The highest BCUT2D eigenvalue weighted by Gasteiger charge is 2.51. The fourth-order valence-electron chi connectivity index (χ4n) is 2.72. The Labute approximate surface area is 63.4 Å². The van der Waals surface area contributed by atoms with Crippen molar-refractivity contribution >= 4 is 0 Å². The Hall–Kier alpha value is -0.0400. The van der Waals surface area contributed by atoms with Gasteiger partial charge in [-0.05, 0) is 31.2 Å². The predicted octanol–water partition coefficient (Wildman–Crippen LogP) is 1.59. The molecule has 1 aliphatic carbocycles. The van der Waals surface area contributed by atoms with Crippen molar-refractivity contribution in [1.82, 2.24) is 4.90 Å². The van der Waals surface area contributed by atoms with Crippen LogP contribution in [0.2, 0.25) is 0 Å². The predicted molar refractivity (Wildman–Crippen MR) is 42.9 cm³/mol. The molecule has 0 aromatic carbocycles. The zero-order valence-electron chi connectivity index (χ0n) is 7.17. The van der Waals surface area contributed by atoms with E-state index in [4.69, 9.17) is 0 Å². The Morgan fingerprint density at radius 1 is 1.40 bits per heavy atom. The summed E-state index contributed by atoms with van der Waals surface area (Å²) in [4.78, 5) is 2.55. The molecule has 58 valence electrons. The minimum atomic E-state index is 0.863. The molecule has 2 aliphatic rings. The second-order valence-electron chi connectivity index (χ2n) is 4.33. The van der Waals surface area contributed by atoms with Crippen LogP contribution in [0.4, 0.5) is 0 Å². The van der Waals surface area contributed by atoms with Crippen LogP contribution in [0.1, 0.15) is 20.3 Å². The van der Waals surface area contributed by atoms with Gasteiger partial charge in [-0.1, -0.05) is 13.8 Å². The Balaban J connectivity index is 2.05. The van der Waals surface area contributed by atoms with Gasteiger partial charge in [-0.2, -0.15) is 0 Å². The first-order valence-corrected chi connectivity index (χ1v) is 4.40. The smallest absolute Gasteiger partial charge is 0.0147 e. The van der Waals surface area contributed by atoms with Crippen molar-refractivity contribution in [3.63, 3.8) is 0 Å². The summed E-state index contributed by atoms with van der Waals surface area (Å²) < 4.78 is 0. The van der Waals surface area contributed by atoms with E-state index in [2.05, 4.69) is 25.8 Å². The lowest BCUT2D eigenvalue weighted by molar-refractivity contribution is 0.214. The summed E-state index contributed by atoms with van der Waals surface area (Å²) in [5.41, 5.74) is 0. The summed E-state index contributed by atoms with van der Waals surface area (Å²) in [5.74, 6) is 3.02. The van der Waals surface area contributed by atoms with Crippen LogP contribution in [0.25, 0.3) is 0 Å². The zero-order chi connectivity index (χ0) is 7.30. The van der Waals surface area contributed by atoms with E-state index in [1.165, 1.54) is 13.0 Å². The lowest BCUT2D eigenvalue weighted by Crippen LogP contribution is -2.33. The van der Waals surface area contributed by atoms with Crippen molar-refractivity contribution in [3.05, 3.63) is 0 Å². The highest BCUT2D eigenvalue weighted by atomic mass is 15.2. The molecule has 1 saturated carbocycles. The molecule has 2 fully saturated rings. The molecule has 0 N–H and O–H groups in total. The van der Waals surface area contributed by atoms with E-state index in [0.29, 0.717) is 0 Å². The van der Waals surface area contributed by atoms with Crippen molar-refractivity contribution in [1.29, 1.82) is 0 Å². The van der Waals surface area contributed by atoms with Gasteiger partial charge in [0.25, 0.3) is 0 Å². The van der Waals surface area contributed by atoms with E-state index in [-0.39, 0.29) is 0 Å². The van der Waals surface area contributed by atoms with Crippen LogP contribution in [-0.2, 0) is 0 Å². The Morgan fingerprint density at radius 2 is 2.10 bits per heavy atom. The minimum Gasteiger partial charge on any atom is -0.303 e. The van der Waals surface area contributed by atoms with Gasteiger partial charge in [0, 0.05) is 12.6 Å². The molecule has 1 saturated heterocycles. The quantitative estimate of drug-likeness (QED) is 0.533. The van der Waals surface area contributed by atoms with Crippen LogP contribution in [-0.4, -0.2) is 24.5 Å². The van der Waals surface area contributed by atoms with E-state index < -0.39 is 0 Å². The number of hydrogen-bond acceptors (Lipinski definition) is 1. The fraction of sp³-hybridized carbons (Fsp3) is 1.00. The number of rotatable bonds is 1. The SMILES string of the molecule is CC(C)C1[C@@H]2C[C@@H]2CN1C. The summed E-state index contributed by atoms with van der Waals surface area (Å²) in [6.45, 7) is 6.07. The Bertz CT molecular complexity index is 140. The third-order valence-corrected chi connectivity index (χ3v) is 3.13. The molecule has 1 nitrogen and oxygen atoms in total. The van der Waals surface area contributed by atoms with Crippen LogP contribution in [0.15, 0.2) is 0 Å². The maximum absolute atomic E-state index is 2.55. The normalized spacial score (nSPS) is 46.2. The third kappa shape index (κ3) is 0.800. The van der Waals surface area contributed by atoms with Gasteiger partial charge in [0.2, 0.25) is 0 Å². The molecule has 1 unspecified atom stereocenters. The van der Waals surface area contributed by atoms with Crippen LogP contribution in [0.5, 0.6) is 0 Å². The molecule has 3 atom stereocenters. The molecule has 1 heterocycles. The van der Waals surface area contributed by atoms with E-state index >= 15 is 0 Å². The monoisotopic (exact) mass is 139 g/mol. The largest absolute Gasteiger partial charge is 0.303 e. The molecule has 1 heteroatoms. The highest BCUT2D eigenvalue weighted by molar-refractivity contribution is 5.03. The van der Waals surface area contributed by atoms with E-state index in [9.17, 15) is 0 Å². The van der Waals surface area contributed by atoms with Crippen LogP contribution in [0, 0.1) is 17.8 Å². The number of piperidine rings is 1. The average molecular weight is 139 g/mol. The molecule has 0 amide bonds. The highest BCUT2D eigenvalue weighted by Crippen LogP contribution is 2.50. The van der Waals surface area contributed by atoms with Crippen molar-refractivity contribution in [2.75, 3.05) is 13.6 Å². The van der Waals surface area contributed by atoms with Crippen molar-refractivity contribution < 1.29 is 0 Å². The lowest BCUT2D eigenvalue weighted by Gasteiger charge is -2.26. The lowest BCUT2D eigenvalue weighted by atomic mass is 10.0. The van der Waals surface area contributed by atoms with Crippen molar-refractivity contribution in [2.45, 2.75) is 26.3 Å². The second kappa shape index (κ2) is 1.97. The van der Waals surface area contributed by atoms with Gasteiger partial charge in [-0.15, -0.1) is 0 Å². The average Bonchev–Trinajstić information content (AvgIpc) is 2.42. The van der Waals surface area contributed by atoms with Crippen molar-refractivity contribution in [2.24, 2.45) is 17.8 Å². The number of nitrogens with zero attached hydrogens (tertiary/aromatic N) is 1. The summed E-state index contributed by atoms with van der Waals surface area (Å²) >= 11 is 0. The van der Waals surface area contributed by atoms with Gasteiger partial charge in [0.05, 0.1) is 0 Å². The van der Waals surface area contributed by atoms with Crippen molar-refractivity contribution in [3.8, 4) is 0 Å². The summed E-state index contributed by atoms with van der Waals surface area (Å²) in [5, 5.41) is 0. The first kappa shape index (κ1) is 6.66. The standard InChI is InChI=1S/C9H17N/c1-6(2)9-8-4-7(8)5-10(9)3/h6-9H,4-5H2,1-3H3/t7-,8-,9?/m1/s1. The fourth-order valence-corrected chi connectivity index (χ4v) is 2.72. The molecule has 0 aromatic heterocycles. The topological polar surface area (TPSA) is 3.24 Å². The molecule has 0 radical (unpaired) electrons. The molecule has 2 rings (SSSR count). The Kier molecular flexibility index (Phi) is 1.31. The molecule has 10 heavy (non-hydrogen) atoms. The molecule has 0 aromatic rings. The van der Waals surface area contributed by atoms with Gasteiger partial charge >= 0.3 is 0 Å². The van der Waals surface area contributed by atoms with E-state index in [1.807, 2.05) is 0 Å². The van der Waals surface area contributed by atoms with Gasteiger partial charge in [-0.25, -0.2) is 0 Å². The van der Waals surface area contributed by atoms with Crippen LogP contribution >= 0.6 is 0 Å². The van der Waals surface area contributed by atoms with Crippen LogP contribution < -0.4 is 0 Å². The summed E-state index contributed by atoms with van der Waals surface area (Å²) in [7, 11) is 2.27. The number of likely N-dealkylation sites (tertiary alicyclic amines) is 1. The number of hydrogen-bond donors (Lipinski definition) is 0. The summed E-state index contributed by atoms with van der Waals surface area (Å²) in [6.07, 6.45) is 1.52. The summed E-state index contributed by atoms with van der Waals surface area (Å²) in [6, 6.07) is 0.907. The van der Waals surface area contributed by atoms with Gasteiger partial charge in [0.15, 0.2) is 0 Å². The first-order chi connectivity index (χ1) is 4.70. The third-order valence-electron chi connectivity index (χ3n) is 3.13. The van der Waals surface area contributed by atoms with Gasteiger partial charge in [-0.3, -0.25) is 0 Å². The number of fused-ring (bicyclic) bond motifs is 1. The van der Waals surface area contributed by atoms with Gasteiger partial charge in [0.1, 0.15) is 0 Å². The van der Waals surface area contributed by atoms with Gasteiger partial charge < -0.3 is 4.90 Å². The maximum Gasteiger partial charge on any atom is 0.0147 e. The van der Waals surface area contributed by atoms with E-state index in [0.717, 1.165) is 23.8 Å². The minimum absolute atomic E-state index is 0.863. The maximum atomic E-state index is 2.55.